The Balaban J connectivity index is 1.76. The third-order valence-corrected chi connectivity index (χ3v) is 4.01. The molecule has 26 heavy (non-hydrogen) atoms. The van der Waals surface area contributed by atoms with Crippen molar-refractivity contribution in [1.29, 1.82) is 0 Å². The molecule has 2 aromatic carbocycles. The number of methoxy groups -OCH3 is 1. The van der Waals surface area contributed by atoms with Crippen LogP contribution in [0.2, 0.25) is 0 Å². The molecule has 3 aromatic rings. The van der Waals surface area contributed by atoms with Crippen LogP contribution < -0.4 is 14.8 Å². The molecule has 134 valence electrons. The molecule has 0 aliphatic carbocycles. The lowest BCUT2D eigenvalue weighted by atomic mass is 10.1. The topological polar surface area (TPSA) is 73.6 Å². The second kappa shape index (κ2) is 7.74. The first kappa shape index (κ1) is 17.5. The summed E-state index contributed by atoms with van der Waals surface area (Å²) in [7, 11) is 1.58. The average Bonchev–Trinajstić information content (AvgIpc) is 2.98. The monoisotopic (exact) mass is 352 g/mol. The van der Waals surface area contributed by atoms with E-state index in [4.69, 9.17) is 14.0 Å². The van der Waals surface area contributed by atoms with E-state index in [2.05, 4.69) is 10.5 Å². The van der Waals surface area contributed by atoms with Crippen molar-refractivity contribution in [3.8, 4) is 11.5 Å². The van der Waals surface area contributed by atoms with Crippen LogP contribution in [0.15, 0.2) is 53.1 Å². The lowest BCUT2D eigenvalue weighted by molar-refractivity contribution is 0.102. The highest BCUT2D eigenvalue weighted by atomic mass is 16.5. The van der Waals surface area contributed by atoms with Crippen LogP contribution in [0.3, 0.4) is 0 Å². The molecule has 6 heteroatoms. The number of hydrogen-bond donors (Lipinski definition) is 1. The molecule has 0 fully saturated rings. The number of amides is 1. The van der Waals surface area contributed by atoms with E-state index >= 15 is 0 Å². The molecule has 0 radical (unpaired) electrons. The maximum absolute atomic E-state index is 12.7. The Labute approximate surface area is 151 Å². The van der Waals surface area contributed by atoms with Crippen LogP contribution in [-0.2, 0) is 6.61 Å². The lowest BCUT2D eigenvalue weighted by Gasteiger charge is -2.12. The number of benzene rings is 2. The highest BCUT2D eigenvalue weighted by Gasteiger charge is 2.15. The molecular formula is C20H20N2O4. The van der Waals surface area contributed by atoms with Gasteiger partial charge in [-0.05, 0) is 38.1 Å². The molecule has 0 aliphatic heterocycles. The van der Waals surface area contributed by atoms with Gasteiger partial charge in [-0.25, -0.2) is 0 Å². The zero-order chi connectivity index (χ0) is 18.5. The number of hydrogen-bond acceptors (Lipinski definition) is 5. The van der Waals surface area contributed by atoms with Crippen molar-refractivity contribution in [1.82, 2.24) is 5.16 Å². The SMILES string of the molecule is COc1cccc(NC(=O)c2ccccc2OCc2c(C)noc2C)c1. The Morgan fingerprint density at radius 3 is 2.69 bits per heavy atom. The standard InChI is InChI=1S/C20H20N2O4/c1-13-18(14(2)26-22-13)12-25-19-10-5-4-9-17(19)20(23)21-15-7-6-8-16(11-15)24-3/h4-11H,12H2,1-3H3,(H,21,23). The highest BCUT2D eigenvalue weighted by molar-refractivity contribution is 6.06. The highest BCUT2D eigenvalue weighted by Crippen LogP contribution is 2.23. The number of carbonyl (C=O) groups is 1. The molecule has 0 saturated carbocycles. The molecule has 0 unspecified atom stereocenters. The van der Waals surface area contributed by atoms with E-state index in [0.29, 0.717) is 28.5 Å². The largest absolute Gasteiger partial charge is 0.497 e. The fourth-order valence-electron chi connectivity index (χ4n) is 2.54. The van der Waals surface area contributed by atoms with Gasteiger partial charge < -0.3 is 19.3 Å². The second-order valence-electron chi connectivity index (χ2n) is 5.77. The third kappa shape index (κ3) is 3.85. The molecule has 1 heterocycles. The van der Waals surface area contributed by atoms with Crippen molar-refractivity contribution < 1.29 is 18.8 Å². The Bertz CT molecular complexity index is 898. The first-order valence-corrected chi connectivity index (χ1v) is 8.17. The van der Waals surface area contributed by atoms with Crippen molar-refractivity contribution in [2.45, 2.75) is 20.5 Å². The smallest absolute Gasteiger partial charge is 0.259 e. The zero-order valence-electron chi connectivity index (χ0n) is 14.9. The Kier molecular flexibility index (Phi) is 5.22. The lowest BCUT2D eigenvalue weighted by Crippen LogP contribution is -2.13. The Morgan fingerprint density at radius 2 is 1.96 bits per heavy atom. The summed E-state index contributed by atoms with van der Waals surface area (Å²) in [5.41, 5.74) is 2.76. The maximum atomic E-state index is 12.7. The van der Waals surface area contributed by atoms with Gasteiger partial charge in [0, 0.05) is 11.8 Å². The van der Waals surface area contributed by atoms with E-state index in [1.807, 2.05) is 32.0 Å². The summed E-state index contributed by atoms with van der Waals surface area (Å²) in [5.74, 6) is 1.62. The first-order chi connectivity index (χ1) is 12.6. The molecule has 0 spiro atoms. The van der Waals surface area contributed by atoms with Crippen molar-refractivity contribution in [2.75, 3.05) is 12.4 Å². The van der Waals surface area contributed by atoms with Gasteiger partial charge in [-0.1, -0.05) is 23.4 Å². The predicted molar refractivity (Wildman–Crippen MR) is 97.7 cm³/mol. The van der Waals surface area contributed by atoms with Crippen molar-refractivity contribution in [2.24, 2.45) is 0 Å². The fourth-order valence-corrected chi connectivity index (χ4v) is 2.54. The van der Waals surface area contributed by atoms with Crippen LogP contribution in [0, 0.1) is 13.8 Å². The van der Waals surface area contributed by atoms with Crippen molar-refractivity contribution in [3.63, 3.8) is 0 Å². The molecule has 6 nitrogen and oxygen atoms in total. The molecule has 0 bridgehead atoms. The molecule has 0 saturated heterocycles. The Morgan fingerprint density at radius 1 is 1.15 bits per heavy atom. The maximum Gasteiger partial charge on any atom is 0.259 e. The van der Waals surface area contributed by atoms with Crippen LogP contribution in [0.25, 0.3) is 0 Å². The van der Waals surface area contributed by atoms with Gasteiger partial charge in [0.05, 0.1) is 23.9 Å². The van der Waals surface area contributed by atoms with Crippen molar-refractivity contribution >= 4 is 11.6 Å². The molecule has 3 rings (SSSR count). The van der Waals surface area contributed by atoms with Crippen molar-refractivity contribution in [3.05, 3.63) is 71.1 Å². The van der Waals surface area contributed by atoms with Gasteiger partial charge in [0.15, 0.2) is 0 Å². The van der Waals surface area contributed by atoms with E-state index < -0.39 is 0 Å². The van der Waals surface area contributed by atoms with Crippen LogP contribution in [0.4, 0.5) is 5.69 Å². The molecule has 1 amide bonds. The van der Waals surface area contributed by atoms with E-state index in [1.165, 1.54) is 0 Å². The number of anilines is 1. The number of para-hydroxylation sites is 1. The van der Waals surface area contributed by atoms with Crippen LogP contribution in [0.5, 0.6) is 11.5 Å². The number of aryl methyl sites for hydroxylation is 2. The minimum absolute atomic E-state index is 0.257. The molecular weight excluding hydrogens is 332 g/mol. The van der Waals surface area contributed by atoms with Gasteiger partial charge in [0.25, 0.3) is 5.91 Å². The zero-order valence-corrected chi connectivity index (χ0v) is 14.9. The van der Waals surface area contributed by atoms with Gasteiger partial charge in [-0.15, -0.1) is 0 Å². The minimum Gasteiger partial charge on any atom is -0.497 e. The quantitative estimate of drug-likeness (QED) is 0.722. The predicted octanol–water partition coefficient (Wildman–Crippen LogP) is 4.13. The summed E-state index contributed by atoms with van der Waals surface area (Å²) in [6.45, 7) is 3.97. The van der Waals surface area contributed by atoms with E-state index in [-0.39, 0.29) is 12.5 Å². The van der Waals surface area contributed by atoms with Crippen LogP contribution >= 0.6 is 0 Å². The summed E-state index contributed by atoms with van der Waals surface area (Å²) >= 11 is 0. The van der Waals surface area contributed by atoms with Gasteiger partial charge in [-0.2, -0.15) is 0 Å². The molecule has 1 N–H and O–H groups in total. The van der Waals surface area contributed by atoms with Crippen LogP contribution in [0.1, 0.15) is 27.4 Å². The Hall–Kier alpha value is -3.28. The van der Waals surface area contributed by atoms with E-state index in [9.17, 15) is 4.79 Å². The first-order valence-electron chi connectivity index (χ1n) is 8.17. The summed E-state index contributed by atoms with van der Waals surface area (Å²) in [5, 5.41) is 6.77. The normalized spacial score (nSPS) is 10.4. The summed E-state index contributed by atoms with van der Waals surface area (Å²) in [6.07, 6.45) is 0. The minimum atomic E-state index is -0.257. The summed E-state index contributed by atoms with van der Waals surface area (Å²) in [6, 6.07) is 14.3. The van der Waals surface area contributed by atoms with Gasteiger partial charge in [0.2, 0.25) is 0 Å². The third-order valence-electron chi connectivity index (χ3n) is 4.01. The number of nitrogens with zero attached hydrogens (tertiary/aromatic N) is 1. The molecule has 0 aliphatic rings. The number of nitrogens with one attached hydrogen (secondary N) is 1. The number of carbonyl (C=O) groups excluding carboxylic acids is 1. The summed E-state index contributed by atoms with van der Waals surface area (Å²) < 4.78 is 16.2. The van der Waals surface area contributed by atoms with Gasteiger partial charge in [-0.3, -0.25) is 4.79 Å². The molecule has 1 aromatic heterocycles. The number of ether oxygens (including phenoxy) is 2. The average molecular weight is 352 g/mol. The van der Waals surface area contributed by atoms with Crippen LogP contribution in [-0.4, -0.2) is 18.2 Å². The molecule has 0 atom stereocenters. The van der Waals surface area contributed by atoms with Gasteiger partial charge >= 0.3 is 0 Å². The fraction of sp³-hybridized carbons (Fsp3) is 0.200. The number of aromatic nitrogens is 1. The summed E-state index contributed by atoms with van der Waals surface area (Å²) in [4.78, 5) is 12.7. The van der Waals surface area contributed by atoms with E-state index in [0.717, 1.165) is 11.3 Å². The van der Waals surface area contributed by atoms with Gasteiger partial charge in [0.1, 0.15) is 23.9 Å². The van der Waals surface area contributed by atoms with E-state index in [1.54, 1.807) is 37.4 Å². The second-order valence-corrected chi connectivity index (χ2v) is 5.77. The number of rotatable bonds is 6.